The van der Waals surface area contributed by atoms with Gasteiger partial charge in [-0.1, -0.05) is 0 Å². The van der Waals surface area contributed by atoms with Gasteiger partial charge in [-0.2, -0.15) is 0 Å². The van der Waals surface area contributed by atoms with Crippen LogP contribution in [0, 0.1) is 0 Å². The lowest BCUT2D eigenvalue weighted by Gasteiger charge is -2.24. The minimum absolute atomic E-state index is 0.110. The summed E-state index contributed by atoms with van der Waals surface area (Å²) in [6.07, 6.45) is -0.513. The molecule has 0 aromatic carbocycles. The van der Waals surface area contributed by atoms with E-state index in [9.17, 15) is 28.8 Å². The van der Waals surface area contributed by atoms with Gasteiger partial charge in [0.15, 0.2) is 0 Å². The van der Waals surface area contributed by atoms with Gasteiger partial charge in [-0.15, -0.1) is 0 Å². The molecule has 32 heavy (non-hydrogen) atoms. The summed E-state index contributed by atoms with van der Waals surface area (Å²) in [4.78, 5) is 69.9. The molecule has 14 nitrogen and oxygen atoms in total. The fourth-order valence-corrected chi connectivity index (χ4v) is 2.51. The number of carboxylic acids is 3. The Kier molecular flexibility index (Phi) is 13.2. The Morgan fingerprint density at radius 2 is 1.31 bits per heavy atom. The summed E-state index contributed by atoms with van der Waals surface area (Å²) in [5.41, 5.74) is 10.9. The number of hydrogen-bond acceptors (Lipinski definition) is 8. The number of nitrogens with two attached hydrogens (primary N) is 2. The van der Waals surface area contributed by atoms with Gasteiger partial charge >= 0.3 is 17.9 Å². The summed E-state index contributed by atoms with van der Waals surface area (Å²) in [5.74, 6) is -6.55. The molecule has 0 fully saturated rings. The van der Waals surface area contributed by atoms with E-state index in [4.69, 9.17) is 26.8 Å². The van der Waals surface area contributed by atoms with E-state index in [1.165, 1.54) is 6.92 Å². The van der Waals surface area contributed by atoms with Crippen molar-refractivity contribution in [3.8, 4) is 0 Å². The van der Waals surface area contributed by atoms with Crippen LogP contribution in [0.3, 0.4) is 0 Å². The molecule has 182 valence electrons. The first-order valence-electron chi connectivity index (χ1n) is 9.92. The molecular weight excluding hydrogens is 430 g/mol. The van der Waals surface area contributed by atoms with Gasteiger partial charge in [-0.25, -0.2) is 0 Å². The number of carbonyl (C=O) groups is 6. The number of rotatable bonds is 16. The molecule has 0 spiro atoms. The average Bonchev–Trinajstić information content (AvgIpc) is 2.69. The number of carbonyl (C=O) groups excluding carboxylic acids is 3. The maximum atomic E-state index is 12.7. The van der Waals surface area contributed by atoms with Crippen LogP contribution in [0.25, 0.3) is 0 Å². The van der Waals surface area contributed by atoms with Gasteiger partial charge in [0.1, 0.15) is 18.1 Å². The Hall–Kier alpha value is -3.26. The fraction of sp³-hybridized carbons (Fsp3) is 0.667. The van der Waals surface area contributed by atoms with Crippen LogP contribution >= 0.6 is 0 Å². The molecule has 0 heterocycles. The van der Waals surface area contributed by atoms with E-state index in [-0.39, 0.29) is 12.8 Å². The number of aliphatic carboxylic acids is 3. The van der Waals surface area contributed by atoms with E-state index in [0.717, 1.165) is 0 Å². The molecule has 10 N–H and O–H groups in total. The lowest BCUT2D eigenvalue weighted by Crippen LogP contribution is -2.57. The molecule has 0 aliphatic rings. The topological polar surface area (TPSA) is 251 Å². The third-order valence-corrected chi connectivity index (χ3v) is 4.32. The Morgan fingerprint density at radius 3 is 1.81 bits per heavy atom. The Bertz CT molecular complexity index is 700. The molecule has 14 heteroatoms. The summed E-state index contributed by atoms with van der Waals surface area (Å²) in [5, 5.41) is 33.4. The highest BCUT2D eigenvalue weighted by Crippen LogP contribution is 2.05. The van der Waals surface area contributed by atoms with Gasteiger partial charge in [0, 0.05) is 6.42 Å². The van der Waals surface area contributed by atoms with Crippen molar-refractivity contribution in [1.29, 1.82) is 0 Å². The molecule has 0 aromatic rings. The molecular formula is C18H31N5O9. The SMILES string of the molecule is CC(NC(=O)C(CCCCN)NC(=O)C(CCC(=O)O)NC(=O)C(N)CC(=O)O)C(=O)O. The van der Waals surface area contributed by atoms with Crippen molar-refractivity contribution in [2.75, 3.05) is 6.54 Å². The van der Waals surface area contributed by atoms with Gasteiger partial charge in [0.05, 0.1) is 12.5 Å². The van der Waals surface area contributed by atoms with Gasteiger partial charge in [-0.05, 0) is 39.2 Å². The quantitative estimate of drug-likeness (QED) is 0.110. The highest BCUT2D eigenvalue weighted by atomic mass is 16.4. The number of unbranched alkanes of at least 4 members (excludes halogenated alkanes) is 1. The minimum atomic E-state index is -1.48. The van der Waals surface area contributed by atoms with Crippen molar-refractivity contribution in [3.63, 3.8) is 0 Å². The van der Waals surface area contributed by atoms with Gasteiger partial charge < -0.3 is 42.7 Å². The standard InChI is InChI=1S/C18H31N5O9/c1-9(18(31)32)21-16(29)11(4-2-3-7-19)23-17(30)12(5-6-13(24)25)22-15(28)10(20)8-14(26)27/h9-12H,2-8,19-20H2,1H3,(H,21,29)(H,22,28)(H,23,30)(H,24,25)(H,26,27)(H,31,32). The first-order valence-corrected chi connectivity index (χ1v) is 9.92. The summed E-state index contributed by atoms with van der Waals surface area (Å²) in [6.45, 7) is 1.56. The summed E-state index contributed by atoms with van der Waals surface area (Å²) in [7, 11) is 0. The largest absolute Gasteiger partial charge is 0.481 e. The highest BCUT2D eigenvalue weighted by molar-refractivity contribution is 5.94. The van der Waals surface area contributed by atoms with Crippen molar-refractivity contribution in [2.24, 2.45) is 11.5 Å². The number of nitrogens with one attached hydrogen (secondary N) is 3. The molecule has 3 amide bonds. The second-order valence-corrected chi connectivity index (χ2v) is 7.11. The second kappa shape index (κ2) is 14.7. The molecule has 0 aliphatic heterocycles. The molecule has 0 aromatic heterocycles. The van der Waals surface area contributed by atoms with Crippen LogP contribution in [0.2, 0.25) is 0 Å². The molecule has 0 aliphatic carbocycles. The van der Waals surface area contributed by atoms with E-state index in [0.29, 0.717) is 19.4 Å². The summed E-state index contributed by atoms with van der Waals surface area (Å²) in [6, 6.07) is -5.30. The number of hydrogen-bond donors (Lipinski definition) is 8. The lowest BCUT2D eigenvalue weighted by molar-refractivity contribution is -0.141. The maximum Gasteiger partial charge on any atom is 0.325 e. The van der Waals surface area contributed by atoms with E-state index in [1.807, 2.05) is 0 Å². The van der Waals surface area contributed by atoms with Crippen LogP contribution in [0.5, 0.6) is 0 Å². The predicted molar refractivity (Wildman–Crippen MR) is 109 cm³/mol. The van der Waals surface area contributed by atoms with Crippen molar-refractivity contribution in [2.45, 2.75) is 69.6 Å². The monoisotopic (exact) mass is 461 g/mol. The van der Waals surface area contributed by atoms with Crippen LogP contribution in [0.15, 0.2) is 0 Å². The lowest BCUT2D eigenvalue weighted by atomic mass is 10.1. The normalized spacial score (nSPS) is 14.3. The van der Waals surface area contributed by atoms with E-state index < -0.39 is 72.6 Å². The van der Waals surface area contributed by atoms with Crippen LogP contribution < -0.4 is 27.4 Å². The van der Waals surface area contributed by atoms with Crippen LogP contribution in [0.4, 0.5) is 0 Å². The third kappa shape index (κ3) is 11.8. The van der Waals surface area contributed by atoms with Crippen molar-refractivity contribution < 1.29 is 44.1 Å². The molecule has 0 bridgehead atoms. The van der Waals surface area contributed by atoms with Gasteiger partial charge in [0.2, 0.25) is 17.7 Å². The van der Waals surface area contributed by atoms with E-state index in [1.54, 1.807) is 0 Å². The zero-order chi connectivity index (χ0) is 24.8. The molecule has 0 saturated heterocycles. The zero-order valence-corrected chi connectivity index (χ0v) is 17.7. The molecule has 4 atom stereocenters. The third-order valence-electron chi connectivity index (χ3n) is 4.32. The van der Waals surface area contributed by atoms with Gasteiger partial charge in [-0.3, -0.25) is 28.8 Å². The zero-order valence-electron chi connectivity index (χ0n) is 17.7. The first-order chi connectivity index (χ1) is 14.9. The van der Waals surface area contributed by atoms with Crippen molar-refractivity contribution in [1.82, 2.24) is 16.0 Å². The summed E-state index contributed by atoms with van der Waals surface area (Å²) >= 11 is 0. The predicted octanol–water partition coefficient (Wildman–Crippen LogP) is -2.66. The van der Waals surface area contributed by atoms with Crippen LogP contribution in [-0.2, 0) is 28.8 Å². The van der Waals surface area contributed by atoms with Crippen molar-refractivity contribution >= 4 is 35.6 Å². The Labute approximate surface area is 184 Å². The molecule has 0 rings (SSSR count). The Balaban J connectivity index is 5.41. The molecule has 0 saturated carbocycles. The maximum absolute atomic E-state index is 12.7. The molecule has 0 radical (unpaired) electrons. The summed E-state index contributed by atoms with van der Waals surface area (Å²) < 4.78 is 0. The molecule has 4 unspecified atom stereocenters. The Morgan fingerprint density at radius 1 is 0.781 bits per heavy atom. The minimum Gasteiger partial charge on any atom is -0.481 e. The number of carboxylic acid groups (broad SMARTS) is 3. The van der Waals surface area contributed by atoms with Crippen LogP contribution in [0.1, 0.15) is 45.4 Å². The van der Waals surface area contributed by atoms with E-state index in [2.05, 4.69) is 16.0 Å². The van der Waals surface area contributed by atoms with E-state index >= 15 is 0 Å². The fourth-order valence-electron chi connectivity index (χ4n) is 2.51. The van der Waals surface area contributed by atoms with Crippen molar-refractivity contribution in [3.05, 3.63) is 0 Å². The second-order valence-electron chi connectivity index (χ2n) is 7.11. The number of amides is 3. The van der Waals surface area contributed by atoms with Gasteiger partial charge in [0.25, 0.3) is 0 Å². The highest BCUT2D eigenvalue weighted by Gasteiger charge is 2.30. The first kappa shape index (κ1) is 28.7. The average molecular weight is 461 g/mol. The smallest absolute Gasteiger partial charge is 0.325 e. The van der Waals surface area contributed by atoms with Crippen LogP contribution in [-0.4, -0.2) is 81.7 Å².